The van der Waals surface area contributed by atoms with E-state index in [0.29, 0.717) is 6.61 Å². The zero-order chi connectivity index (χ0) is 19.1. The van der Waals surface area contributed by atoms with E-state index in [-0.39, 0.29) is 19.3 Å². The maximum absolute atomic E-state index is 12.5. The number of halogens is 4. The van der Waals surface area contributed by atoms with Gasteiger partial charge in [-0.15, -0.1) is 0 Å². The molecule has 0 radical (unpaired) electrons. The molecule has 148 valence electrons. The van der Waals surface area contributed by atoms with Crippen LogP contribution in [0.3, 0.4) is 0 Å². The molecule has 8 heteroatoms. The molecule has 0 saturated carbocycles. The van der Waals surface area contributed by atoms with Crippen LogP contribution in [-0.4, -0.2) is 37.5 Å². The molecule has 0 aromatic rings. The van der Waals surface area contributed by atoms with Crippen molar-refractivity contribution in [1.29, 1.82) is 0 Å². The topological polar surface area (TPSA) is 52.6 Å². The van der Waals surface area contributed by atoms with E-state index in [1.165, 1.54) is 25.7 Å². The lowest BCUT2D eigenvalue weighted by Crippen LogP contribution is -2.33. The van der Waals surface area contributed by atoms with Gasteiger partial charge in [-0.2, -0.15) is 8.78 Å². The Morgan fingerprint density at radius 3 is 1.92 bits per heavy atom. The average Bonchev–Trinajstić information content (AvgIpc) is 2.55. The summed E-state index contributed by atoms with van der Waals surface area (Å²) in [5, 5.41) is 0. The minimum Gasteiger partial charge on any atom is -0.466 e. The Morgan fingerprint density at radius 1 is 0.840 bits per heavy atom. The molecule has 0 saturated heterocycles. The van der Waals surface area contributed by atoms with Gasteiger partial charge < -0.3 is 9.47 Å². The first-order valence-electron chi connectivity index (χ1n) is 8.76. The maximum Gasteiger partial charge on any atom is 0.340 e. The Balaban J connectivity index is 3.55. The first-order valence-corrected chi connectivity index (χ1v) is 8.76. The molecule has 0 aliphatic carbocycles. The summed E-state index contributed by atoms with van der Waals surface area (Å²) < 4.78 is 57.9. The van der Waals surface area contributed by atoms with Gasteiger partial charge >= 0.3 is 24.3 Å². The summed E-state index contributed by atoms with van der Waals surface area (Å²) in [4.78, 5) is 22.6. The Kier molecular flexibility index (Phi) is 13.2. The Hall–Kier alpha value is -1.34. The minimum atomic E-state index is -4.36. The number of alkyl halides is 4. The molecule has 0 spiro atoms. The molecule has 0 aromatic carbocycles. The second kappa shape index (κ2) is 13.9. The van der Waals surface area contributed by atoms with Crippen LogP contribution in [0.1, 0.15) is 71.1 Å². The van der Waals surface area contributed by atoms with Crippen molar-refractivity contribution >= 4 is 11.9 Å². The molecular weight excluding hydrogens is 344 g/mol. The first-order chi connectivity index (χ1) is 11.8. The predicted octanol–water partition coefficient (Wildman–Crippen LogP) is 4.89. The largest absolute Gasteiger partial charge is 0.466 e. The van der Waals surface area contributed by atoms with Gasteiger partial charge in [0.15, 0.2) is 6.61 Å². The molecule has 0 fully saturated rings. The van der Waals surface area contributed by atoms with Gasteiger partial charge in [-0.25, -0.2) is 8.78 Å². The molecule has 0 unspecified atom stereocenters. The van der Waals surface area contributed by atoms with Crippen LogP contribution in [0.4, 0.5) is 17.6 Å². The number of hydrogen-bond donors (Lipinski definition) is 0. The lowest BCUT2D eigenvalue weighted by molar-refractivity contribution is -0.179. The van der Waals surface area contributed by atoms with Gasteiger partial charge in [0.1, 0.15) is 0 Å². The van der Waals surface area contributed by atoms with Crippen molar-refractivity contribution < 1.29 is 36.6 Å². The third-order valence-corrected chi connectivity index (χ3v) is 3.52. The lowest BCUT2D eigenvalue weighted by Gasteiger charge is -2.14. The molecular formula is C17H28F4O4. The summed E-state index contributed by atoms with van der Waals surface area (Å²) in [6.07, 6.45) is 3.53. The molecule has 0 amide bonds. The predicted molar refractivity (Wildman–Crippen MR) is 84.7 cm³/mol. The summed E-state index contributed by atoms with van der Waals surface area (Å²) in [6, 6.07) is 0. The van der Waals surface area contributed by atoms with Crippen LogP contribution in [0.25, 0.3) is 0 Å². The van der Waals surface area contributed by atoms with E-state index in [1.54, 1.807) is 0 Å². The molecule has 0 aromatic heterocycles. The smallest absolute Gasteiger partial charge is 0.340 e. The normalized spacial score (nSPS) is 11.6. The average molecular weight is 372 g/mol. The van der Waals surface area contributed by atoms with Crippen molar-refractivity contribution in [2.75, 3.05) is 13.2 Å². The van der Waals surface area contributed by atoms with Gasteiger partial charge in [0, 0.05) is 12.8 Å². The quantitative estimate of drug-likeness (QED) is 0.233. The summed E-state index contributed by atoms with van der Waals surface area (Å²) in [5.74, 6) is -5.87. The molecule has 25 heavy (non-hydrogen) atoms. The van der Waals surface area contributed by atoms with Crippen molar-refractivity contribution in [1.82, 2.24) is 0 Å². The van der Waals surface area contributed by atoms with Gasteiger partial charge in [0.05, 0.1) is 6.61 Å². The highest BCUT2D eigenvalue weighted by atomic mass is 19.3. The summed E-state index contributed by atoms with van der Waals surface area (Å²) >= 11 is 0. The summed E-state index contributed by atoms with van der Waals surface area (Å²) in [6.45, 7) is 0.807. The van der Waals surface area contributed by atoms with Crippen LogP contribution in [0, 0.1) is 0 Å². The monoisotopic (exact) mass is 372 g/mol. The van der Waals surface area contributed by atoms with E-state index >= 15 is 0 Å². The van der Waals surface area contributed by atoms with Crippen molar-refractivity contribution in [3.05, 3.63) is 0 Å². The molecule has 0 atom stereocenters. The zero-order valence-electron chi connectivity index (χ0n) is 14.7. The fourth-order valence-electron chi connectivity index (χ4n) is 2.01. The third-order valence-electron chi connectivity index (χ3n) is 3.52. The summed E-state index contributed by atoms with van der Waals surface area (Å²) in [7, 11) is 0. The standard InChI is InChI=1S/C17H28F4O4/c1-2-3-4-5-6-7-8-12-24-14(22)10-9-11-15(23)25-13-17(20,21)16(18)19/h16H,2-13H2,1H3. The second-order valence-corrected chi connectivity index (χ2v) is 5.92. The summed E-state index contributed by atoms with van der Waals surface area (Å²) in [5.41, 5.74) is 0. The number of esters is 2. The Bertz CT molecular complexity index is 376. The van der Waals surface area contributed by atoms with Crippen LogP contribution < -0.4 is 0 Å². The van der Waals surface area contributed by atoms with Gasteiger partial charge in [0.2, 0.25) is 0 Å². The van der Waals surface area contributed by atoms with Crippen LogP contribution >= 0.6 is 0 Å². The van der Waals surface area contributed by atoms with Crippen molar-refractivity contribution in [2.24, 2.45) is 0 Å². The number of carbonyl (C=O) groups is 2. The highest BCUT2D eigenvalue weighted by molar-refractivity contribution is 5.72. The Morgan fingerprint density at radius 2 is 1.36 bits per heavy atom. The SMILES string of the molecule is CCCCCCCCCOC(=O)CCCC(=O)OCC(F)(F)C(F)F. The van der Waals surface area contributed by atoms with Gasteiger partial charge in [0.25, 0.3) is 0 Å². The van der Waals surface area contributed by atoms with Gasteiger partial charge in [-0.05, 0) is 12.8 Å². The molecule has 0 rings (SSSR count). The molecule has 0 N–H and O–H groups in total. The number of hydrogen-bond acceptors (Lipinski definition) is 4. The maximum atomic E-state index is 12.5. The van der Waals surface area contributed by atoms with E-state index in [9.17, 15) is 27.2 Å². The number of unbranched alkanes of at least 4 members (excludes halogenated alkanes) is 6. The molecule has 0 aliphatic heterocycles. The van der Waals surface area contributed by atoms with Crippen molar-refractivity contribution in [3.63, 3.8) is 0 Å². The minimum absolute atomic E-state index is 0.0448. The molecule has 0 heterocycles. The van der Waals surface area contributed by atoms with Crippen LogP contribution in [0.5, 0.6) is 0 Å². The van der Waals surface area contributed by atoms with E-state index in [0.717, 1.165) is 19.3 Å². The van der Waals surface area contributed by atoms with Crippen molar-refractivity contribution in [3.8, 4) is 0 Å². The van der Waals surface area contributed by atoms with E-state index in [4.69, 9.17) is 4.74 Å². The van der Waals surface area contributed by atoms with Crippen molar-refractivity contribution in [2.45, 2.75) is 83.5 Å². The fraction of sp³-hybridized carbons (Fsp3) is 0.882. The number of carbonyl (C=O) groups excluding carboxylic acids is 2. The third kappa shape index (κ3) is 13.6. The number of ether oxygens (including phenoxy) is 2. The van der Waals surface area contributed by atoms with Crippen LogP contribution in [-0.2, 0) is 19.1 Å². The van der Waals surface area contributed by atoms with E-state index in [1.807, 2.05) is 0 Å². The second-order valence-electron chi connectivity index (χ2n) is 5.92. The Labute approximate surface area is 146 Å². The highest BCUT2D eigenvalue weighted by Gasteiger charge is 2.42. The van der Waals surface area contributed by atoms with Gasteiger partial charge in [-0.1, -0.05) is 45.4 Å². The zero-order valence-corrected chi connectivity index (χ0v) is 14.7. The van der Waals surface area contributed by atoms with Crippen LogP contribution in [0.15, 0.2) is 0 Å². The highest BCUT2D eigenvalue weighted by Crippen LogP contribution is 2.23. The lowest BCUT2D eigenvalue weighted by atomic mass is 10.1. The fourth-order valence-corrected chi connectivity index (χ4v) is 2.01. The molecule has 0 bridgehead atoms. The number of rotatable bonds is 15. The molecule has 0 aliphatic rings. The van der Waals surface area contributed by atoms with Crippen LogP contribution in [0.2, 0.25) is 0 Å². The van der Waals surface area contributed by atoms with Gasteiger partial charge in [-0.3, -0.25) is 9.59 Å². The first kappa shape index (κ1) is 23.7. The molecule has 4 nitrogen and oxygen atoms in total. The van der Waals surface area contributed by atoms with E-state index < -0.39 is 30.9 Å². The van der Waals surface area contributed by atoms with E-state index in [2.05, 4.69) is 11.7 Å².